The third-order valence-corrected chi connectivity index (χ3v) is 4.33. The second-order valence-electron chi connectivity index (χ2n) is 3.98. The van der Waals surface area contributed by atoms with E-state index < -0.39 is 0 Å². The Morgan fingerprint density at radius 2 is 2.35 bits per heavy atom. The highest BCUT2D eigenvalue weighted by Gasteiger charge is 2.11. The molecule has 2 rings (SSSR count). The van der Waals surface area contributed by atoms with Gasteiger partial charge in [0.2, 0.25) is 0 Å². The number of amides is 1. The number of nitrogens with two attached hydrogens (primary N) is 1. The van der Waals surface area contributed by atoms with E-state index in [0.717, 1.165) is 21.8 Å². The first-order valence-corrected chi connectivity index (χ1v) is 7.54. The molecule has 0 atom stereocenters. The van der Waals surface area contributed by atoms with Gasteiger partial charge in [0, 0.05) is 11.1 Å². The maximum absolute atomic E-state index is 12.0. The first kappa shape index (κ1) is 14.5. The van der Waals surface area contributed by atoms with Crippen LogP contribution in [0, 0.1) is 18.8 Å². The van der Waals surface area contributed by atoms with Crippen LogP contribution in [0.1, 0.15) is 25.8 Å². The molecule has 1 amide bonds. The largest absolute Gasteiger partial charge is 0.346 e. The summed E-state index contributed by atoms with van der Waals surface area (Å²) in [6, 6.07) is 1.80. The molecule has 0 saturated heterocycles. The third kappa shape index (κ3) is 3.57. The number of H-pyrrole nitrogens is 1. The minimum atomic E-state index is -0.175. The van der Waals surface area contributed by atoms with Gasteiger partial charge in [-0.1, -0.05) is 23.2 Å². The summed E-state index contributed by atoms with van der Waals surface area (Å²) in [6.45, 7) is 2.51. The average Bonchev–Trinajstić information content (AvgIpc) is 3.00. The second-order valence-corrected chi connectivity index (χ2v) is 5.88. The monoisotopic (exact) mass is 307 g/mol. The van der Waals surface area contributed by atoms with E-state index in [1.807, 2.05) is 6.92 Å². The Kier molecular flexibility index (Phi) is 4.74. The van der Waals surface area contributed by atoms with Gasteiger partial charge < -0.3 is 16.0 Å². The molecule has 0 bridgehead atoms. The number of nitrogens with one attached hydrogen (secondary N) is 2. The van der Waals surface area contributed by atoms with E-state index in [4.69, 9.17) is 5.73 Å². The Labute approximate surface area is 123 Å². The lowest BCUT2D eigenvalue weighted by atomic mass is 10.2. The summed E-state index contributed by atoms with van der Waals surface area (Å²) < 4.78 is 0. The topological polar surface area (TPSA) is 88.0 Å². The Morgan fingerprint density at radius 1 is 1.55 bits per heavy atom. The van der Waals surface area contributed by atoms with Gasteiger partial charge in [-0.15, -0.1) is 11.3 Å². The molecular formula is C13H13N3O2S2. The van der Waals surface area contributed by atoms with Crippen molar-refractivity contribution in [2.45, 2.75) is 13.5 Å². The summed E-state index contributed by atoms with van der Waals surface area (Å²) in [5, 5.41) is 4.46. The SMILES string of the molecule is Cc1cc(C(=O)NCc2csc(=O)[nH]2)sc1C#CCN. The van der Waals surface area contributed by atoms with Crippen LogP contribution < -0.4 is 15.9 Å². The molecule has 0 aliphatic carbocycles. The van der Waals surface area contributed by atoms with Gasteiger partial charge in [0.25, 0.3) is 5.91 Å². The van der Waals surface area contributed by atoms with E-state index >= 15 is 0 Å². The molecule has 0 unspecified atom stereocenters. The second kappa shape index (κ2) is 6.52. The maximum Gasteiger partial charge on any atom is 0.304 e. The average molecular weight is 307 g/mol. The summed E-state index contributed by atoms with van der Waals surface area (Å²) in [4.78, 5) is 27.0. The minimum absolute atomic E-state index is 0.124. The van der Waals surface area contributed by atoms with Crippen molar-refractivity contribution >= 4 is 28.6 Å². The van der Waals surface area contributed by atoms with Crippen LogP contribution in [0.5, 0.6) is 0 Å². The van der Waals surface area contributed by atoms with Gasteiger partial charge in [0.1, 0.15) is 0 Å². The van der Waals surface area contributed by atoms with Crippen LogP contribution in [0.25, 0.3) is 0 Å². The molecule has 0 radical (unpaired) electrons. The van der Waals surface area contributed by atoms with Gasteiger partial charge in [-0.05, 0) is 18.6 Å². The molecular weight excluding hydrogens is 294 g/mol. The van der Waals surface area contributed by atoms with Gasteiger partial charge in [0.15, 0.2) is 0 Å². The van der Waals surface area contributed by atoms with Gasteiger partial charge in [-0.3, -0.25) is 9.59 Å². The third-order valence-electron chi connectivity index (χ3n) is 2.46. The zero-order valence-corrected chi connectivity index (χ0v) is 12.4. The fourth-order valence-corrected chi connectivity index (χ4v) is 3.06. The lowest BCUT2D eigenvalue weighted by molar-refractivity contribution is 0.0954. The molecule has 0 saturated carbocycles. The predicted molar refractivity (Wildman–Crippen MR) is 81.1 cm³/mol. The Balaban J connectivity index is 2.04. The summed E-state index contributed by atoms with van der Waals surface area (Å²) in [5.74, 6) is 5.54. The number of aryl methyl sites for hydroxylation is 1. The van der Waals surface area contributed by atoms with E-state index in [1.165, 1.54) is 11.3 Å². The van der Waals surface area contributed by atoms with Crippen LogP contribution in [0.3, 0.4) is 0 Å². The summed E-state index contributed by atoms with van der Waals surface area (Å²) in [7, 11) is 0. The molecule has 0 fully saturated rings. The maximum atomic E-state index is 12.0. The molecule has 2 aromatic heterocycles. The molecule has 0 aliphatic rings. The van der Waals surface area contributed by atoms with Crippen molar-refractivity contribution in [1.82, 2.24) is 10.3 Å². The van der Waals surface area contributed by atoms with Crippen molar-refractivity contribution in [3.05, 3.63) is 42.1 Å². The fourth-order valence-electron chi connectivity index (χ4n) is 1.51. The number of carbonyl (C=O) groups is 1. The highest BCUT2D eigenvalue weighted by Crippen LogP contribution is 2.20. The van der Waals surface area contributed by atoms with Crippen molar-refractivity contribution in [1.29, 1.82) is 0 Å². The first-order chi connectivity index (χ1) is 9.60. The van der Waals surface area contributed by atoms with Gasteiger partial charge in [-0.25, -0.2) is 0 Å². The standard InChI is InChI=1S/C13H13N3O2S2/c1-8-5-11(20-10(8)3-2-4-14)12(17)15-6-9-7-19-13(18)16-9/h5,7H,4,6,14H2,1H3,(H,15,17)(H,16,18). The van der Waals surface area contributed by atoms with Gasteiger partial charge in [0.05, 0.1) is 22.8 Å². The number of aromatic amines is 1. The van der Waals surface area contributed by atoms with Crippen molar-refractivity contribution in [3.63, 3.8) is 0 Å². The van der Waals surface area contributed by atoms with Crippen LogP contribution in [-0.2, 0) is 6.54 Å². The molecule has 2 heterocycles. The Hall–Kier alpha value is -1.88. The quantitative estimate of drug-likeness (QED) is 0.741. The summed E-state index contributed by atoms with van der Waals surface area (Å²) >= 11 is 2.41. The zero-order chi connectivity index (χ0) is 14.5. The number of thiophene rings is 1. The zero-order valence-electron chi connectivity index (χ0n) is 10.8. The van der Waals surface area contributed by atoms with Crippen LogP contribution in [0.15, 0.2) is 16.2 Å². The normalized spacial score (nSPS) is 9.90. The van der Waals surface area contributed by atoms with Crippen LogP contribution >= 0.6 is 22.7 Å². The van der Waals surface area contributed by atoms with Crippen molar-refractivity contribution < 1.29 is 4.79 Å². The number of thiazole rings is 1. The molecule has 4 N–H and O–H groups in total. The van der Waals surface area contributed by atoms with Crippen molar-refractivity contribution in [2.75, 3.05) is 6.54 Å². The van der Waals surface area contributed by atoms with Crippen LogP contribution in [-0.4, -0.2) is 17.4 Å². The number of carbonyl (C=O) groups excluding carboxylic acids is 1. The molecule has 5 nitrogen and oxygen atoms in total. The molecule has 2 aromatic rings. The number of hydrogen-bond donors (Lipinski definition) is 3. The van der Waals surface area contributed by atoms with Crippen molar-refractivity contribution in [2.24, 2.45) is 5.73 Å². The lowest BCUT2D eigenvalue weighted by Crippen LogP contribution is -2.22. The summed E-state index contributed by atoms with van der Waals surface area (Å²) in [6.07, 6.45) is 0. The van der Waals surface area contributed by atoms with E-state index in [9.17, 15) is 9.59 Å². The van der Waals surface area contributed by atoms with Crippen LogP contribution in [0.4, 0.5) is 0 Å². The number of aromatic nitrogens is 1. The van der Waals surface area contributed by atoms with Gasteiger partial charge in [-0.2, -0.15) is 0 Å². The molecule has 0 aliphatic heterocycles. The molecule has 0 aromatic carbocycles. The fraction of sp³-hybridized carbons (Fsp3) is 0.231. The van der Waals surface area contributed by atoms with E-state index in [2.05, 4.69) is 22.1 Å². The summed E-state index contributed by atoms with van der Waals surface area (Å²) in [5.41, 5.74) is 6.99. The van der Waals surface area contributed by atoms with E-state index in [1.54, 1.807) is 11.4 Å². The highest BCUT2D eigenvalue weighted by atomic mass is 32.1. The molecule has 104 valence electrons. The number of rotatable bonds is 3. The number of hydrogen-bond acceptors (Lipinski definition) is 5. The lowest BCUT2D eigenvalue weighted by Gasteiger charge is -2.00. The van der Waals surface area contributed by atoms with Crippen LogP contribution in [0.2, 0.25) is 0 Å². The molecule has 0 spiro atoms. The predicted octanol–water partition coefficient (Wildman–Crippen LogP) is 1.05. The Morgan fingerprint density at radius 3 is 3.00 bits per heavy atom. The smallest absolute Gasteiger partial charge is 0.304 e. The highest BCUT2D eigenvalue weighted by molar-refractivity contribution is 7.14. The van der Waals surface area contributed by atoms with Crippen molar-refractivity contribution in [3.8, 4) is 11.8 Å². The van der Waals surface area contributed by atoms with E-state index in [-0.39, 0.29) is 10.8 Å². The molecule has 20 heavy (non-hydrogen) atoms. The first-order valence-electron chi connectivity index (χ1n) is 5.84. The van der Waals surface area contributed by atoms with E-state index in [0.29, 0.717) is 23.7 Å². The minimum Gasteiger partial charge on any atom is -0.346 e. The molecule has 7 heteroatoms. The van der Waals surface area contributed by atoms with Gasteiger partial charge >= 0.3 is 4.87 Å². The Bertz CT molecular complexity index is 731.